The molecule has 0 amide bonds. The molecule has 1 atom stereocenters. The lowest BCUT2D eigenvalue weighted by Crippen LogP contribution is -2.07. The Morgan fingerprint density at radius 2 is 2.00 bits per heavy atom. The van der Waals surface area contributed by atoms with Crippen LogP contribution in [0.1, 0.15) is 13.3 Å². The van der Waals surface area contributed by atoms with Gasteiger partial charge in [-0.3, -0.25) is 0 Å². The largest absolute Gasteiger partial charge is 0.396 e. The fraction of sp³-hybridized carbons (Fsp3) is 1.00. The van der Waals surface area contributed by atoms with Crippen molar-refractivity contribution in [2.24, 2.45) is 5.41 Å². The van der Waals surface area contributed by atoms with Crippen molar-refractivity contribution in [3.8, 4) is 0 Å². The van der Waals surface area contributed by atoms with Gasteiger partial charge in [-0.1, -0.05) is 38.8 Å². The summed E-state index contributed by atoms with van der Waals surface area (Å²) in [5.74, 6) is 0. The molecule has 0 saturated heterocycles. The molecule has 0 spiro atoms. The number of aliphatic hydroxyl groups is 1. The third-order valence-corrected chi connectivity index (χ3v) is 4.19. The van der Waals surface area contributed by atoms with Gasteiger partial charge in [0.1, 0.15) is 0 Å². The first-order valence-electron chi connectivity index (χ1n) is 2.50. The summed E-state index contributed by atoms with van der Waals surface area (Å²) in [5.41, 5.74) is 0.0764. The van der Waals surface area contributed by atoms with E-state index in [0.717, 1.165) is 6.42 Å². The summed E-state index contributed by atoms with van der Waals surface area (Å²) in [6.07, 6.45) is 1.01. The standard InChI is InChI=1S/C5H8Br2O/c1-4(3-8)2-5(4,6)7/h8H,2-3H2,1H3/t4-/m0/s1. The van der Waals surface area contributed by atoms with Crippen LogP contribution in [0, 0.1) is 5.41 Å². The lowest BCUT2D eigenvalue weighted by molar-refractivity contribution is 0.224. The molecule has 1 fully saturated rings. The lowest BCUT2D eigenvalue weighted by atomic mass is 10.2. The predicted molar refractivity (Wildman–Crippen MR) is 40.4 cm³/mol. The van der Waals surface area contributed by atoms with Crippen LogP contribution in [0.4, 0.5) is 0 Å². The molecule has 0 aliphatic heterocycles. The highest BCUT2D eigenvalue weighted by Crippen LogP contribution is 2.65. The molecule has 0 aromatic rings. The van der Waals surface area contributed by atoms with Crippen LogP contribution >= 0.6 is 31.9 Å². The second-order valence-electron chi connectivity index (χ2n) is 2.60. The maximum Gasteiger partial charge on any atom is 0.0888 e. The van der Waals surface area contributed by atoms with E-state index in [-0.39, 0.29) is 15.3 Å². The number of rotatable bonds is 1. The van der Waals surface area contributed by atoms with Crippen molar-refractivity contribution in [2.45, 2.75) is 16.6 Å². The van der Waals surface area contributed by atoms with Crippen LogP contribution in [0.2, 0.25) is 0 Å². The Bertz CT molecular complexity index is 113. The summed E-state index contributed by atoms with van der Waals surface area (Å²) in [7, 11) is 0. The summed E-state index contributed by atoms with van der Waals surface area (Å²) in [6.45, 7) is 2.29. The minimum Gasteiger partial charge on any atom is -0.396 e. The number of aliphatic hydroxyl groups excluding tert-OH is 1. The smallest absolute Gasteiger partial charge is 0.0888 e. The lowest BCUT2D eigenvalue weighted by Gasteiger charge is -2.05. The molecule has 1 N–H and O–H groups in total. The van der Waals surface area contributed by atoms with E-state index in [2.05, 4.69) is 31.9 Å². The molecule has 0 radical (unpaired) electrons. The van der Waals surface area contributed by atoms with Crippen molar-refractivity contribution >= 4 is 31.9 Å². The zero-order valence-electron chi connectivity index (χ0n) is 4.62. The third-order valence-electron chi connectivity index (χ3n) is 1.72. The molecule has 48 valence electrons. The molecule has 0 unspecified atom stereocenters. The van der Waals surface area contributed by atoms with Gasteiger partial charge in [0, 0.05) is 5.41 Å². The Balaban J connectivity index is 2.55. The van der Waals surface area contributed by atoms with Gasteiger partial charge in [0.25, 0.3) is 0 Å². The van der Waals surface area contributed by atoms with Gasteiger partial charge in [-0.05, 0) is 6.42 Å². The fourth-order valence-corrected chi connectivity index (χ4v) is 2.11. The second-order valence-corrected chi connectivity index (χ2v) is 6.37. The number of alkyl halides is 2. The highest BCUT2D eigenvalue weighted by molar-refractivity contribution is 9.25. The average molecular weight is 244 g/mol. The molecule has 1 aliphatic rings. The molecular weight excluding hydrogens is 236 g/mol. The van der Waals surface area contributed by atoms with Gasteiger partial charge in [0.2, 0.25) is 0 Å². The zero-order valence-corrected chi connectivity index (χ0v) is 7.79. The van der Waals surface area contributed by atoms with Gasteiger partial charge < -0.3 is 5.11 Å². The van der Waals surface area contributed by atoms with Gasteiger partial charge in [-0.25, -0.2) is 0 Å². The monoisotopic (exact) mass is 242 g/mol. The SMILES string of the molecule is C[C@@]1(CO)CC1(Br)Br. The van der Waals surface area contributed by atoms with E-state index in [9.17, 15) is 0 Å². The van der Waals surface area contributed by atoms with Gasteiger partial charge in [-0.2, -0.15) is 0 Å². The molecule has 1 aliphatic carbocycles. The Hall–Kier alpha value is 0.920. The van der Waals surface area contributed by atoms with E-state index in [1.807, 2.05) is 6.92 Å². The number of hydrogen-bond donors (Lipinski definition) is 1. The van der Waals surface area contributed by atoms with Gasteiger partial charge in [0.05, 0.1) is 9.84 Å². The maximum atomic E-state index is 8.74. The van der Waals surface area contributed by atoms with E-state index in [4.69, 9.17) is 5.11 Å². The Kier molecular flexibility index (Phi) is 1.50. The number of halogens is 2. The summed E-state index contributed by atoms with van der Waals surface area (Å²) < 4.78 is 0.0295. The molecule has 3 heteroatoms. The molecule has 1 rings (SSSR count). The Morgan fingerprint density at radius 3 is 2.00 bits per heavy atom. The van der Waals surface area contributed by atoms with E-state index >= 15 is 0 Å². The second kappa shape index (κ2) is 1.70. The Morgan fingerprint density at radius 1 is 1.62 bits per heavy atom. The van der Waals surface area contributed by atoms with Crippen LogP contribution in [0.25, 0.3) is 0 Å². The number of hydrogen-bond acceptors (Lipinski definition) is 1. The topological polar surface area (TPSA) is 20.2 Å². The summed E-state index contributed by atoms with van der Waals surface area (Å²) >= 11 is 6.85. The van der Waals surface area contributed by atoms with Crippen molar-refractivity contribution in [1.82, 2.24) is 0 Å². The summed E-state index contributed by atoms with van der Waals surface area (Å²) in [5, 5.41) is 8.74. The van der Waals surface area contributed by atoms with Crippen LogP contribution in [0.5, 0.6) is 0 Å². The van der Waals surface area contributed by atoms with Crippen LogP contribution < -0.4 is 0 Å². The van der Waals surface area contributed by atoms with Crippen LogP contribution in [-0.2, 0) is 0 Å². The molecule has 0 aromatic carbocycles. The quantitative estimate of drug-likeness (QED) is 0.698. The molecule has 0 aromatic heterocycles. The van der Waals surface area contributed by atoms with Gasteiger partial charge in [0.15, 0.2) is 0 Å². The maximum absolute atomic E-state index is 8.74. The third kappa shape index (κ3) is 0.847. The van der Waals surface area contributed by atoms with Gasteiger partial charge >= 0.3 is 0 Å². The zero-order chi connectivity index (χ0) is 6.41. The van der Waals surface area contributed by atoms with E-state index in [1.165, 1.54) is 0 Å². The van der Waals surface area contributed by atoms with Crippen molar-refractivity contribution in [1.29, 1.82) is 0 Å². The molecule has 0 heterocycles. The highest BCUT2D eigenvalue weighted by Gasteiger charge is 2.61. The first-order valence-corrected chi connectivity index (χ1v) is 4.09. The van der Waals surface area contributed by atoms with Crippen LogP contribution in [-0.4, -0.2) is 14.9 Å². The molecule has 1 nitrogen and oxygen atoms in total. The average Bonchev–Trinajstić information content (AvgIpc) is 2.10. The van der Waals surface area contributed by atoms with E-state index in [0.29, 0.717) is 0 Å². The van der Waals surface area contributed by atoms with Gasteiger partial charge in [-0.15, -0.1) is 0 Å². The van der Waals surface area contributed by atoms with Crippen LogP contribution in [0.15, 0.2) is 0 Å². The highest BCUT2D eigenvalue weighted by atomic mass is 79.9. The predicted octanol–water partition coefficient (Wildman–Crippen LogP) is 1.87. The van der Waals surface area contributed by atoms with Crippen molar-refractivity contribution in [3.63, 3.8) is 0 Å². The molecule has 0 bridgehead atoms. The van der Waals surface area contributed by atoms with Crippen molar-refractivity contribution in [3.05, 3.63) is 0 Å². The molecule has 1 saturated carbocycles. The van der Waals surface area contributed by atoms with Crippen molar-refractivity contribution in [2.75, 3.05) is 6.61 Å². The summed E-state index contributed by atoms with van der Waals surface area (Å²) in [4.78, 5) is 0. The minimum atomic E-state index is 0.0295. The Labute approximate surface area is 65.7 Å². The molecular formula is C5H8Br2O. The normalized spacial score (nSPS) is 42.0. The van der Waals surface area contributed by atoms with E-state index in [1.54, 1.807) is 0 Å². The van der Waals surface area contributed by atoms with E-state index < -0.39 is 0 Å². The fourth-order valence-electron chi connectivity index (χ4n) is 0.617. The first-order chi connectivity index (χ1) is 3.52. The van der Waals surface area contributed by atoms with Crippen LogP contribution in [0.3, 0.4) is 0 Å². The minimum absolute atomic E-state index is 0.0295. The summed E-state index contributed by atoms with van der Waals surface area (Å²) in [6, 6.07) is 0. The molecule has 8 heavy (non-hydrogen) atoms. The first kappa shape index (κ1) is 7.03. The van der Waals surface area contributed by atoms with Crippen molar-refractivity contribution < 1.29 is 5.11 Å².